The van der Waals surface area contributed by atoms with Gasteiger partial charge in [0.2, 0.25) is 0 Å². The van der Waals surface area contributed by atoms with Gasteiger partial charge in [-0.3, -0.25) is 0 Å². The van der Waals surface area contributed by atoms with E-state index in [1.165, 1.54) is 0 Å². The Bertz CT molecular complexity index is 1090. The molecule has 0 aliphatic rings. The minimum absolute atomic E-state index is 0.613. The molecule has 3 aromatic heterocycles. The van der Waals surface area contributed by atoms with Gasteiger partial charge < -0.3 is 9.30 Å². The van der Waals surface area contributed by atoms with E-state index in [2.05, 4.69) is 27.2 Å². The van der Waals surface area contributed by atoms with E-state index in [4.69, 9.17) is 4.74 Å². The molecular weight excluding hydrogens is 326 g/mol. The van der Waals surface area contributed by atoms with Crippen molar-refractivity contribution in [3.8, 4) is 17.0 Å². The van der Waals surface area contributed by atoms with Crippen molar-refractivity contribution < 1.29 is 4.74 Å². The fourth-order valence-corrected chi connectivity index (χ4v) is 2.84. The van der Waals surface area contributed by atoms with Crippen molar-refractivity contribution in [2.45, 2.75) is 6.92 Å². The van der Waals surface area contributed by atoms with Crippen LogP contribution in [0.3, 0.4) is 0 Å². The SMILES string of the molecule is COc1ccc(C)n2nc(C=Cc3nc(-c4ccccc4)cn3C)nc12. The fourth-order valence-electron chi connectivity index (χ4n) is 2.84. The molecule has 0 saturated heterocycles. The Kier molecular flexibility index (Phi) is 4.01. The lowest BCUT2D eigenvalue weighted by Crippen LogP contribution is -1.95. The van der Waals surface area contributed by atoms with E-state index in [1.807, 2.05) is 67.2 Å². The zero-order valence-corrected chi connectivity index (χ0v) is 14.9. The Morgan fingerprint density at radius 3 is 2.58 bits per heavy atom. The number of hydrogen-bond donors (Lipinski definition) is 0. The second-order valence-corrected chi connectivity index (χ2v) is 6.04. The summed E-state index contributed by atoms with van der Waals surface area (Å²) in [4.78, 5) is 9.25. The van der Waals surface area contributed by atoms with Crippen LogP contribution in [0.15, 0.2) is 48.7 Å². The van der Waals surface area contributed by atoms with Gasteiger partial charge in [-0.25, -0.2) is 14.5 Å². The second kappa shape index (κ2) is 6.48. The Labute approximate surface area is 151 Å². The van der Waals surface area contributed by atoms with E-state index in [1.54, 1.807) is 11.6 Å². The molecule has 0 N–H and O–H groups in total. The van der Waals surface area contributed by atoms with Crippen LogP contribution in [0.5, 0.6) is 5.75 Å². The lowest BCUT2D eigenvalue weighted by atomic mass is 10.2. The van der Waals surface area contributed by atoms with E-state index in [-0.39, 0.29) is 0 Å². The molecule has 130 valence electrons. The summed E-state index contributed by atoms with van der Waals surface area (Å²) in [6.07, 6.45) is 5.80. The number of aryl methyl sites for hydroxylation is 2. The highest BCUT2D eigenvalue weighted by Crippen LogP contribution is 2.21. The minimum atomic E-state index is 0.613. The summed E-state index contributed by atoms with van der Waals surface area (Å²) < 4.78 is 9.14. The van der Waals surface area contributed by atoms with Crippen molar-refractivity contribution in [1.29, 1.82) is 0 Å². The summed E-state index contributed by atoms with van der Waals surface area (Å²) in [5, 5.41) is 4.53. The lowest BCUT2D eigenvalue weighted by molar-refractivity contribution is 0.416. The van der Waals surface area contributed by atoms with Crippen molar-refractivity contribution in [1.82, 2.24) is 24.1 Å². The van der Waals surface area contributed by atoms with E-state index in [9.17, 15) is 0 Å². The van der Waals surface area contributed by atoms with Gasteiger partial charge in [0.15, 0.2) is 17.2 Å². The number of benzene rings is 1. The topological polar surface area (TPSA) is 57.2 Å². The van der Waals surface area contributed by atoms with Gasteiger partial charge in [-0.2, -0.15) is 0 Å². The molecule has 4 aromatic rings. The van der Waals surface area contributed by atoms with Crippen LogP contribution in [-0.4, -0.2) is 31.3 Å². The van der Waals surface area contributed by atoms with Crippen LogP contribution in [0.1, 0.15) is 17.3 Å². The van der Waals surface area contributed by atoms with Crippen molar-refractivity contribution in [3.63, 3.8) is 0 Å². The van der Waals surface area contributed by atoms with E-state index in [0.717, 1.165) is 22.8 Å². The van der Waals surface area contributed by atoms with Crippen LogP contribution >= 0.6 is 0 Å². The molecular formula is C20H19N5O. The van der Waals surface area contributed by atoms with Crippen LogP contribution in [0.4, 0.5) is 0 Å². The largest absolute Gasteiger partial charge is 0.493 e. The predicted molar refractivity (Wildman–Crippen MR) is 102 cm³/mol. The van der Waals surface area contributed by atoms with Gasteiger partial charge in [-0.15, -0.1) is 5.10 Å². The third-order valence-electron chi connectivity index (χ3n) is 4.24. The molecule has 3 heterocycles. The number of fused-ring (bicyclic) bond motifs is 1. The molecule has 26 heavy (non-hydrogen) atoms. The van der Waals surface area contributed by atoms with Crippen molar-refractivity contribution in [2.24, 2.45) is 7.05 Å². The summed E-state index contributed by atoms with van der Waals surface area (Å²) >= 11 is 0. The number of aromatic nitrogens is 5. The molecule has 0 fully saturated rings. The zero-order chi connectivity index (χ0) is 18.1. The number of methoxy groups -OCH3 is 1. The number of pyridine rings is 1. The number of nitrogens with zero attached hydrogens (tertiary/aromatic N) is 5. The summed E-state index contributed by atoms with van der Waals surface area (Å²) in [6, 6.07) is 14.0. The van der Waals surface area contributed by atoms with Gasteiger partial charge in [-0.05, 0) is 31.2 Å². The zero-order valence-electron chi connectivity index (χ0n) is 14.9. The normalized spacial score (nSPS) is 11.5. The molecule has 0 spiro atoms. The Balaban J connectivity index is 1.68. The first-order valence-electron chi connectivity index (χ1n) is 8.33. The number of imidazole rings is 1. The average Bonchev–Trinajstić information content (AvgIpc) is 3.25. The molecule has 0 saturated carbocycles. The summed E-state index contributed by atoms with van der Waals surface area (Å²) in [5.41, 5.74) is 3.73. The maximum Gasteiger partial charge on any atom is 0.198 e. The first-order valence-corrected chi connectivity index (χ1v) is 8.33. The quantitative estimate of drug-likeness (QED) is 0.567. The van der Waals surface area contributed by atoms with Crippen molar-refractivity contribution in [2.75, 3.05) is 7.11 Å². The van der Waals surface area contributed by atoms with Gasteiger partial charge in [-0.1, -0.05) is 30.3 Å². The average molecular weight is 345 g/mol. The molecule has 4 rings (SSSR count). The highest BCUT2D eigenvalue weighted by Gasteiger charge is 2.09. The van der Waals surface area contributed by atoms with Gasteiger partial charge in [0.25, 0.3) is 0 Å². The number of hydrogen-bond acceptors (Lipinski definition) is 4. The molecule has 0 bridgehead atoms. The van der Waals surface area contributed by atoms with E-state index >= 15 is 0 Å². The molecule has 0 aliphatic heterocycles. The summed E-state index contributed by atoms with van der Waals surface area (Å²) in [5.74, 6) is 2.15. The molecule has 0 amide bonds. The van der Waals surface area contributed by atoms with Crippen molar-refractivity contribution >= 4 is 17.8 Å². The molecule has 1 aromatic carbocycles. The molecule has 0 unspecified atom stereocenters. The molecule has 0 aliphatic carbocycles. The smallest absolute Gasteiger partial charge is 0.198 e. The number of ether oxygens (including phenoxy) is 1. The van der Waals surface area contributed by atoms with Gasteiger partial charge in [0.1, 0.15) is 5.82 Å². The predicted octanol–water partition coefficient (Wildman–Crippen LogP) is 3.62. The third-order valence-corrected chi connectivity index (χ3v) is 4.24. The van der Waals surface area contributed by atoms with Crippen LogP contribution < -0.4 is 4.74 Å². The van der Waals surface area contributed by atoms with Crippen LogP contribution in [0.25, 0.3) is 29.1 Å². The monoisotopic (exact) mass is 345 g/mol. The first kappa shape index (κ1) is 16.1. The standard InChI is InChI=1S/C20H19N5O/c1-14-9-10-17(26-3)20-22-18(23-25(14)20)11-12-19-21-16(13-24(19)2)15-7-5-4-6-8-15/h4-13H,1-3H3. The Hall–Kier alpha value is -3.41. The van der Waals surface area contributed by atoms with Gasteiger partial charge >= 0.3 is 0 Å². The number of rotatable bonds is 4. The maximum absolute atomic E-state index is 5.37. The molecule has 6 nitrogen and oxygen atoms in total. The third kappa shape index (κ3) is 2.86. The maximum atomic E-state index is 5.37. The molecule has 6 heteroatoms. The first-order chi connectivity index (χ1) is 12.7. The highest BCUT2D eigenvalue weighted by molar-refractivity contribution is 5.68. The second-order valence-electron chi connectivity index (χ2n) is 6.04. The minimum Gasteiger partial charge on any atom is -0.493 e. The van der Waals surface area contributed by atoms with Gasteiger partial charge in [0, 0.05) is 24.5 Å². The fraction of sp³-hybridized carbons (Fsp3) is 0.150. The summed E-state index contributed by atoms with van der Waals surface area (Å²) in [6.45, 7) is 1.99. The van der Waals surface area contributed by atoms with E-state index < -0.39 is 0 Å². The summed E-state index contributed by atoms with van der Waals surface area (Å²) in [7, 11) is 3.61. The van der Waals surface area contributed by atoms with Crippen molar-refractivity contribution in [3.05, 3.63) is 66.0 Å². The molecule has 0 atom stereocenters. The van der Waals surface area contributed by atoms with Crippen LogP contribution in [0, 0.1) is 6.92 Å². The van der Waals surface area contributed by atoms with E-state index in [0.29, 0.717) is 17.2 Å². The van der Waals surface area contributed by atoms with Crippen LogP contribution in [-0.2, 0) is 7.05 Å². The van der Waals surface area contributed by atoms with Crippen LogP contribution in [0.2, 0.25) is 0 Å². The van der Waals surface area contributed by atoms with Gasteiger partial charge in [0.05, 0.1) is 12.8 Å². The Morgan fingerprint density at radius 2 is 1.81 bits per heavy atom. The Morgan fingerprint density at radius 1 is 1.00 bits per heavy atom. The lowest BCUT2D eigenvalue weighted by Gasteiger charge is -2.02. The molecule has 0 radical (unpaired) electrons. The highest BCUT2D eigenvalue weighted by atomic mass is 16.5.